The molecule has 1 aromatic carbocycles. The predicted molar refractivity (Wildman–Crippen MR) is 64.9 cm³/mol. The zero-order valence-corrected chi connectivity index (χ0v) is 10.0. The smallest absolute Gasteiger partial charge is 0.222 e. The summed E-state index contributed by atoms with van der Waals surface area (Å²) < 4.78 is 0. The molecule has 1 aliphatic rings. The first kappa shape index (κ1) is 11.7. The minimum atomic E-state index is -0.00171. The third-order valence-electron chi connectivity index (χ3n) is 3.18. The maximum absolute atomic E-state index is 11.7. The van der Waals surface area contributed by atoms with Crippen molar-refractivity contribution in [2.45, 2.75) is 26.3 Å². The fourth-order valence-corrected chi connectivity index (χ4v) is 2.09. The van der Waals surface area contributed by atoms with E-state index in [0.29, 0.717) is 25.9 Å². The summed E-state index contributed by atoms with van der Waals surface area (Å²) >= 11 is 0. The Kier molecular flexibility index (Phi) is 3.43. The normalized spacial score (nSPS) is 20.1. The fraction of sp³-hybridized carbons (Fsp3) is 0.429. The zero-order chi connectivity index (χ0) is 12.3. The van der Waals surface area contributed by atoms with Crippen LogP contribution in [0.25, 0.3) is 0 Å². The molecule has 1 heterocycles. The Morgan fingerprint density at radius 2 is 2.12 bits per heavy atom. The second-order valence-electron chi connectivity index (χ2n) is 4.62. The lowest BCUT2D eigenvalue weighted by Gasteiger charge is -2.29. The molecule has 0 radical (unpaired) electrons. The van der Waals surface area contributed by atoms with Gasteiger partial charge in [0.1, 0.15) is 0 Å². The summed E-state index contributed by atoms with van der Waals surface area (Å²) in [7, 11) is 0. The van der Waals surface area contributed by atoms with E-state index >= 15 is 0 Å². The van der Waals surface area contributed by atoms with Gasteiger partial charge in [-0.1, -0.05) is 29.8 Å². The molecule has 0 saturated carbocycles. The molecule has 0 N–H and O–H groups in total. The number of hydrogen-bond donors (Lipinski definition) is 0. The molecule has 88 valence electrons. The van der Waals surface area contributed by atoms with Crippen LogP contribution < -0.4 is 0 Å². The van der Waals surface area contributed by atoms with Gasteiger partial charge in [0.25, 0.3) is 0 Å². The quantitative estimate of drug-likeness (QED) is 0.779. The molecule has 2 rings (SSSR count). The molecule has 0 spiro atoms. The molecule has 0 aliphatic carbocycles. The monoisotopic (exact) mass is 228 g/mol. The second-order valence-corrected chi connectivity index (χ2v) is 4.62. The van der Waals surface area contributed by atoms with Crippen molar-refractivity contribution < 1.29 is 4.79 Å². The number of amides is 1. The van der Waals surface area contributed by atoms with E-state index in [1.807, 2.05) is 31.2 Å². The Morgan fingerprint density at radius 1 is 1.41 bits per heavy atom. The van der Waals surface area contributed by atoms with Crippen molar-refractivity contribution in [2.24, 2.45) is 5.92 Å². The number of rotatable bonds is 2. The van der Waals surface area contributed by atoms with E-state index in [4.69, 9.17) is 5.26 Å². The molecule has 1 atom stereocenters. The number of nitrogens with zero attached hydrogens (tertiary/aromatic N) is 2. The van der Waals surface area contributed by atoms with Gasteiger partial charge in [0, 0.05) is 19.5 Å². The summed E-state index contributed by atoms with van der Waals surface area (Å²) in [6, 6.07) is 10.4. The number of likely N-dealkylation sites (tertiary alicyclic amines) is 1. The van der Waals surface area contributed by atoms with Gasteiger partial charge in [-0.05, 0) is 18.9 Å². The Morgan fingerprint density at radius 3 is 2.76 bits per heavy atom. The SMILES string of the molecule is Cc1ccc(CN2CC(C#N)CCC2=O)cc1. The van der Waals surface area contributed by atoms with Gasteiger partial charge in [-0.2, -0.15) is 5.26 Å². The molecule has 1 fully saturated rings. The Bertz CT molecular complexity index is 444. The van der Waals surface area contributed by atoms with Crippen molar-refractivity contribution in [1.82, 2.24) is 4.90 Å². The third-order valence-corrected chi connectivity index (χ3v) is 3.18. The van der Waals surface area contributed by atoms with E-state index in [0.717, 1.165) is 5.56 Å². The van der Waals surface area contributed by atoms with Gasteiger partial charge in [-0.3, -0.25) is 4.79 Å². The number of hydrogen-bond acceptors (Lipinski definition) is 2. The maximum atomic E-state index is 11.7. The molecule has 3 heteroatoms. The highest BCUT2D eigenvalue weighted by Gasteiger charge is 2.25. The van der Waals surface area contributed by atoms with Crippen LogP contribution in [0.2, 0.25) is 0 Å². The van der Waals surface area contributed by atoms with Crippen LogP contribution in [0.1, 0.15) is 24.0 Å². The largest absolute Gasteiger partial charge is 0.337 e. The van der Waals surface area contributed by atoms with Gasteiger partial charge < -0.3 is 4.90 Å². The van der Waals surface area contributed by atoms with Crippen LogP contribution >= 0.6 is 0 Å². The minimum Gasteiger partial charge on any atom is -0.337 e. The average Bonchev–Trinajstić information content (AvgIpc) is 2.35. The highest BCUT2D eigenvalue weighted by molar-refractivity contribution is 5.77. The summed E-state index contributed by atoms with van der Waals surface area (Å²) in [5, 5.41) is 8.91. The lowest BCUT2D eigenvalue weighted by atomic mass is 9.98. The van der Waals surface area contributed by atoms with Gasteiger partial charge in [0.05, 0.1) is 12.0 Å². The highest BCUT2D eigenvalue weighted by atomic mass is 16.2. The predicted octanol–water partition coefficient (Wildman–Crippen LogP) is 2.26. The molecule has 0 aromatic heterocycles. The first-order valence-electron chi connectivity index (χ1n) is 5.92. The van der Waals surface area contributed by atoms with E-state index in [9.17, 15) is 4.79 Å². The van der Waals surface area contributed by atoms with E-state index in [1.165, 1.54) is 5.56 Å². The number of aryl methyl sites for hydroxylation is 1. The summed E-state index contributed by atoms with van der Waals surface area (Å²) in [6.45, 7) is 3.24. The summed E-state index contributed by atoms with van der Waals surface area (Å²) in [6.07, 6.45) is 1.21. The number of piperidine rings is 1. The van der Waals surface area contributed by atoms with Crippen molar-refractivity contribution in [3.8, 4) is 6.07 Å². The van der Waals surface area contributed by atoms with Gasteiger partial charge in [-0.25, -0.2) is 0 Å². The summed E-state index contributed by atoms with van der Waals surface area (Å²) in [4.78, 5) is 13.5. The fourth-order valence-electron chi connectivity index (χ4n) is 2.09. The molecule has 1 aliphatic heterocycles. The molecular weight excluding hydrogens is 212 g/mol. The van der Waals surface area contributed by atoms with Crippen LogP contribution in [0.3, 0.4) is 0 Å². The molecule has 3 nitrogen and oxygen atoms in total. The molecular formula is C14H16N2O. The van der Waals surface area contributed by atoms with Crippen LogP contribution in [0.5, 0.6) is 0 Å². The van der Waals surface area contributed by atoms with Gasteiger partial charge in [-0.15, -0.1) is 0 Å². The van der Waals surface area contributed by atoms with Crippen LogP contribution in [0, 0.1) is 24.2 Å². The van der Waals surface area contributed by atoms with E-state index in [2.05, 4.69) is 6.07 Å². The van der Waals surface area contributed by atoms with E-state index in [1.54, 1.807) is 4.90 Å². The first-order valence-corrected chi connectivity index (χ1v) is 5.92. The Labute approximate surface area is 102 Å². The lowest BCUT2D eigenvalue weighted by molar-refractivity contribution is -0.134. The molecule has 0 bridgehead atoms. The van der Waals surface area contributed by atoms with E-state index < -0.39 is 0 Å². The first-order chi connectivity index (χ1) is 8.19. The summed E-state index contributed by atoms with van der Waals surface area (Å²) in [5.74, 6) is 0.162. The van der Waals surface area contributed by atoms with Crippen LogP contribution in [-0.2, 0) is 11.3 Å². The Balaban J connectivity index is 2.04. The Hall–Kier alpha value is -1.82. The standard InChI is InChI=1S/C14H16N2O/c1-11-2-4-12(5-3-11)9-16-10-13(8-15)6-7-14(16)17/h2-5,13H,6-7,9-10H2,1H3. The van der Waals surface area contributed by atoms with Crippen LogP contribution in [-0.4, -0.2) is 17.4 Å². The van der Waals surface area contributed by atoms with Gasteiger partial charge in [0.2, 0.25) is 5.91 Å². The number of nitriles is 1. The summed E-state index contributed by atoms with van der Waals surface area (Å²) in [5.41, 5.74) is 2.34. The second kappa shape index (κ2) is 5.01. The molecule has 1 amide bonds. The minimum absolute atomic E-state index is 0.00171. The van der Waals surface area contributed by atoms with Crippen molar-refractivity contribution in [1.29, 1.82) is 5.26 Å². The van der Waals surface area contributed by atoms with Crippen molar-refractivity contribution in [2.75, 3.05) is 6.54 Å². The van der Waals surface area contributed by atoms with Gasteiger partial charge in [0.15, 0.2) is 0 Å². The van der Waals surface area contributed by atoms with E-state index in [-0.39, 0.29) is 11.8 Å². The van der Waals surface area contributed by atoms with Crippen molar-refractivity contribution in [3.63, 3.8) is 0 Å². The topological polar surface area (TPSA) is 44.1 Å². The zero-order valence-electron chi connectivity index (χ0n) is 10.0. The van der Waals surface area contributed by atoms with Crippen LogP contribution in [0.4, 0.5) is 0 Å². The van der Waals surface area contributed by atoms with Gasteiger partial charge >= 0.3 is 0 Å². The number of benzene rings is 1. The number of carbonyl (C=O) groups is 1. The third kappa shape index (κ3) is 2.85. The molecule has 1 saturated heterocycles. The lowest BCUT2D eigenvalue weighted by Crippen LogP contribution is -2.38. The number of carbonyl (C=O) groups excluding carboxylic acids is 1. The molecule has 1 unspecified atom stereocenters. The van der Waals surface area contributed by atoms with Crippen molar-refractivity contribution in [3.05, 3.63) is 35.4 Å². The molecule has 1 aromatic rings. The van der Waals surface area contributed by atoms with Crippen LogP contribution in [0.15, 0.2) is 24.3 Å². The average molecular weight is 228 g/mol. The molecule has 17 heavy (non-hydrogen) atoms. The maximum Gasteiger partial charge on any atom is 0.222 e. The highest BCUT2D eigenvalue weighted by Crippen LogP contribution is 2.19. The van der Waals surface area contributed by atoms with Crippen molar-refractivity contribution >= 4 is 5.91 Å².